The number of hydrogen-bond acceptors (Lipinski definition) is 5. The molecule has 0 aromatic rings. The van der Waals surface area contributed by atoms with E-state index >= 15 is 0 Å². The number of β-amino-alcohol motifs (C(OH)–C–C–N with tert-alkyl or cyclic N) is 1. The summed E-state index contributed by atoms with van der Waals surface area (Å²) in [5.41, 5.74) is -0.480. The van der Waals surface area contributed by atoms with E-state index in [9.17, 15) is 9.90 Å². The lowest BCUT2D eigenvalue weighted by Gasteiger charge is -2.26. The van der Waals surface area contributed by atoms with Gasteiger partial charge in [0.2, 0.25) is 0 Å². The summed E-state index contributed by atoms with van der Waals surface area (Å²) in [6.45, 7) is 8.82. The summed E-state index contributed by atoms with van der Waals surface area (Å²) in [7, 11) is 0. The fourth-order valence-electron chi connectivity index (χ4n) is 2.13. The summed E-state index contributed by atoms with van der Waals surface area (Å²) in [5, 5.41) is 18.2. The zero-order valence-electron chi connectivity index (χ0n) is 12.6. The molecule has 114 valence electrons. The zero-order chi connectivity index (χ0) is 15.2. The van der Waals surface area contributed by atoms with Crippen LogP contribution in [0.1, 0.15) is 33.6 Å². The molecular weight excluding hydrogens is 258 g/mol. The Morgan fingerprint density at radius 2 is 2.05 bits per heavy atom. The van der Waals surface area contributed by atoms with Crippen molar-refractivity contribution in [1.82, 2.24) is 9.80 Å². The van der Waals surface area contributed by atoms with E-state index in [1.807, 2.05) is 26.8 Å². The monoisotopic (exact) mass is 283 g/mol. The van der Waals surface area contributed by atoms with Crippen molar-refractivity contribution in [3.05, 3.63) is 0 Å². The van der Waals surface area contributed by atoms with Gasteiger partial charge in [-0.25, -0.2) is 4.79 Å². The summed E-state index contributed by atoms with van der Waals surface area (Å²) in [4.78, 5) is 15.8. The second-order valence-corrected chi connectivity index (χ2v) is 6.14. The Balaban J connectivity index is 2.43. The van der Waals surface area contributed by atoms with Crippen LogP contribution in [0.4, 0.5) is 4.79 Å². The van der Waals surface area contributed by atoms with E-state index in [2.05, 4.69) is 4.90 Å². The van der Waals surface area contributed by atoms with Gasteiger partial charge in [0, 0.05) is 26.2 Å². The van der Waals surface area contributed by atoms with Crippen molar-refractivity contribution in [2.45, 2.75) is 45.3 Å². The van der Waals surface area contributed by atoms with Crippen LogP contribution < -0.4 is 0 Å². The lowest BCUT2D eigenvalue weighted by atomic mass is 10.2. The molecule has 0 aromatic carbocycles. The maximum absolute atomic E-state index is 12.0. The van der Waals surface area contributed by atoms with Gasteiger partial charge in [-0.3, -0.25) is 4.90 Å². The number of nitrogens with zero attached hydrogens (tertiary/aromatic N) is 3. The van der Waals surface area contributed by atoms with Crippen LogP contribution in [0.2, 0.25) is 0 Å². The highest BCUT2D eigenvalue weighted by molar-refractivity contribution is 5.68. The molecule has 1 unspecified atom stereocenters. The molecule has 6 nitrogen and oxygen atoms in total. The third kappa shape index (κ3) is 6.22. The highest BCUT2D eigenvalue weighted by Crippen LogP contribution is 2.12. The molecule has 0 aliphatic carbocycles. The topological polar surface area (TPSA) is 76.8 Å². The van der Waals surface area contributed by atoms with Crippen molar-refractivity contribution in [3.8, 4) is 6.07 Å². The third-order valence-electron chi connectivity index (χ3n) is 3.04. The van der Waals surface area contributed by atoms with Crippen LogP contribution in [0.3, 0.4) is 0 Å². The fraction of sp³-hybridized carbons (Fsp3) is 0.857. The average molecular weight is 283 g/mol. The number of amides is 1. The van der Waals surface area contributed by atoms with Crippen LogP contribution in [0.15, 0.2) is 0 Å². The van der Waals surface area contributed by atoms with Gasteiger partial charge in [-0.15, -0.1) is 0 Å². The second kappa shape index (κ2) is 7.46. The number of aliphatic hydroxyl groups is 1. The Kier molecular flexibility index (Phi) is 6.24. The average Bonchev–Trinajstić information content (AvgIpc) is 2.52. The number of carbonyl (C=O) groups excluding carboxylic acids is 1. The molecule has 1 N–H and O–H groups in total. The predicted molar refractivity (Wildman–Crippen MR) is 75.1 cm³/mol. The third-order valence-corrected chi connectivity index (χ3v) is 3.04. The van der Waals surface area contributed by atoms with Crippen molar-refractivity contribution in [2.24, 2.45) is 0 Å². The van der Waals surface area contributed by atoms with Gasteiger partial charge in [0.25, 0.3) is 0 Å². The van der Waals surface area contributed by atoms with Crippen molar-refractivity contribution in [1.29, 1.82) is 5.26 Å². The molecule has 20 heavy (non-hydrogen) atoms. The smallest absolute Gasteiger partial charge is 0.410 e. The summed E-state index contributed by atoms with van der Waals surface area (Å²) in [6.07, 6.45) is 0.0927. The summed E-state index contributed by atoms with van der Waals surface area (Å²) >= 11 is 0. The molecule has 1 aliphatic heterocycles. The van der Waals surface area contributed by atoms with Gasteiger partial charge in [0.15, 0.2) is 0 Å². The van der Waals surface area contributed by atoms with E-state index in [1.54, 1.807) is 4.90 Å². The Labute approximate surface area is 120 Å². The van der Waals surface area contributed by atoms with Gasteiger partial charge in [0.1, 0.15) is 5.60 Å². The molecule has 1 atom stereocenters. The van der Waals surface area contributed by atoms with Crippen LogP contribution >= 0.6 is 0 Å². The van der Waals surface area contributed by atoms with Crippen molar-refractivity contribution >= 4 is 6.09 Å². The molecule has 1 fully saturated rings. The largest absolute Gasteiger partial charge is 0.444 e. The SMILES string of the molecule is CC(C)(C)OC(=O)N1CCCN(CC(O)CC#N)CC1. The quantitative estimate of drug-likeness (QED) is 0.842. The molecule has 0 saturated carbocycles. The van der Waals surface area contributed by atoms with E-state index in [1.165, 1.54) is 0 Å². The van der Waals surface area contributed by atoms with Crippen molar-refractivity contribution in [2.75, 3.05) is 32.7 Å². The van der Waals surface area contributed by atoms with E-state index in [-0.39, 0.29) is 12.5 Å². The first kappa shape index (κ1) is 16.7. The number of aliphatic hydroxyl groups excluding tert-OH is 1. The Hall–Kier alpha value is -1.32. The fourth-order valence-corrected chi connectivity index (χ4v) is 2.13. The number of carbonyl (C=O) groups is 1. The minimum absolute atomic E-state index is 0.145. The molecule has 0 aromatic heterocycles. The number of nitriles is 1. The maximum Gasteiger partial charge on any atom is 0.410 e. The lowest BCUT2D eigenvalue weighted by Crippen LogP contribution is -2.40. The standard InChI is InChI=1S/C14H25N3O3/c1-14(2,3)20-13(19)17-8-4-7-16(9-10-17)11-12(18)5-6-15/h12,18H,4-5,7-11H2,1-3H3. The molecule has 0 radical (unpaired) electrons. The highest BCUT2D eigenvalue weighted by Gasteiger charge is 2.24. The molecule has 1 amide bonds. The van der Waals surface area contributed by atoms with Crippen LogP contribution in [-0.4, -0.2) is 65.4 Å². The first-order chi connectivity index (χ1) is 9.31. The second-order valence-electron chi connectivity index (χ2n) is 6.14. The Morgan fingerprint density at radius 3 is 2.65 bits per heavy atom. The minimum atomic E-state index is -0.618. The minimum Gasteiger partial charge on any atom is -0.444 e. The molecule has 1 heterocycles. The molecule has 0 bridgehead atoms. The van der Waals surface area contributed by atoms with Gasteiger partial charge in [-0.2, -0.15) is 5.26 Å². The first-order valence-electron chi connectivity index (χ1n) is 7.07. The summed E-state index contributed by atoms with van der Waals surface area (Å²) in [6, 6.07) is 1.96. The highest BCUT2D eigenvalue weighted by atomic mass is 16.6. The van der Waals surface area contributed by atoms with Crippen LogP contribution in [0.5, 0.6) is 0 Å². The molecule has 1 saturated heterocycles. The van der Waals surface area contributed by atoms with E-state index in [4.69, 9.17) is 10.00 Å². The van der Waals surface area contributed by atoms with Crippen molar-refractivity contribution in [3.63, 3.8) is 0 Å². The summed E-state index contributed by atoms with van der Waals surface area (Å²) in [5.74, 6) is 0. The normalized spacial score (nSPS) is 19.1. The van der Waals surface area contributed by atoms with Crippen LogP contribution in [-0.2, 0) is 4.74 Å². The molecule has 1 aliphatic rings. The molecule has 1 rings (SSSR count). The van der Waals surface area contributed by atoms with Crippen LogP contribution in [0, 0.1) is 11.3 Å². The van der Waals surface area contributed by atoms with Gasteiger partial charge in [0.05, 0.1) is 18.6 Å². The van der Waals surface area contributed by atoms with Crippen molar-refractivity contribution < 1.29 is 14.6 Å². The lowest BCUT2D eigenvalue weighted by molar-refractivity contribution is 0.0255. The molecule has 0 spiro atoms. The number of hydrogen-bond donors (Lipinski definition) is 1. The molecular formula is C14H25N3O3. The number of ether oxygens (including phenoxy) is 1. The van der Waals surface area contributed by atoms with Gasteiger partial charge in [-0.05, 0) is 33.7 Å². The zero-order valence-corrected chi connectivity index (χ0v) is 12.6. The van der Waals surface area contributed by atoms with E-state index < -0.39 is 11.7 Å². The first-order valence-corrected chi connectivity index (χ1v) is 7.07. The maximum atomic E-state index is 12.0. The predicted octanol–water partition coefficient (Wildman–Crippen LogP) is 1.20. The van der Waals surface area contributed by atoms with E-state index in [0.29, 0.717) is 26.2 Å². The Morgan fingerprint density at radius 1 is 1.35 bits per heavy atom. The van der Waals surface area contributed by atoms with E-state index in [0.717, 1.165) is 13.0 Å². The van der Waals surface area contributed by atoms with Crippen LogP contribution in [0.25, 0.3) is 0 Å². The molecule has 6 heteroatoms. The number of rotatable bonds is 3. The van der Waals surface area contributed by atoms with Gasteiger partial charge >= 0.3 is 6.09 Å². The summed E-state index contributed by atoms with van der Waals surface area (Å²) < 4.78 is 5.36. The van der Waals surface area contributed by atoms with Gasteiger partial charge < -0.3 is 14.7 Å². The Bertz CT molecular complexity index is 360. The van der Waals surface area contributed by atoms with Gasteiger partial charge in [-0.1, -0.05) is 0 Å².